The molecule has 0 saturated heterocycles. The summed E-state index contributed by atoms with van der Waals surface area (Å²) < 4.78 is 36.5. The molecule has 1 aliphatic heterocycles. The van der Waals surface area contributed by atoms with Crippen LogP contribution in [0.4, 0.5) is 11.4 Å². The third kappa shape index (κ3) is 7.43. The number of hydrogen-bond donors (Lipinski definition) is 0. The van der Waals surface area contributed by atoms with E-state index in [9.17, 15) is 0 Å². The van der Waals surface area contributed by atoms with Crippen LogP contribution in [0, 0.1) is 10.2 Å². The molecule has 1 heterocycles. The Kier molecular flexibility index (Phi) is 10.1. The number of rotatable bonds is 6. The Morgan fingerprint density at radius 3 is 2.03 bits per heavy atom. The Morgan fingerprint density at radius 1 is 0.938 bits per heavy atom. The Hall–Kier alpha value is -2.22. The number of fused-ring (bicyclic) bond motifs is 1. The lowest BCUT2D eigenvalue weighted by Gasteiger charge is -2.17. The highest BCUT2D eigenvalue weighted by molar-refractivity contribution is 6.05. The molecular formula is C25H35ClN2O4. The third-order valence-electron chi connectivity index (χ3n) is 5.38. The monoisotopic (exact) mass is 462 g/mol. The summed E-state index contributed by atoms with van der Waals surface area (Å²) in [6, 6.07) is 17.6. The average Bonchev–Trinajstić information content (AvgIpc) is 2.90. The fraction of sp³-hybridized carbons (Fsp3) is 0.400. The number of halogens is 1. The third-order valence-corrected chi connectivity index (χ3v) is 5.38. The van der Waals surface area contributed by atoms with Gasteiger partial charge in [-0.1, -0.05) is 51.1 Å². The summed E-state index contributed by atoms with van der Waals surface area (Å²) in [5.41, 5.74) is 6.69. The van der Waals surface area contributed by atoms with Gasteiger partial charge in [-0.3, -0.25) is 0 Å². The van der Waals surface area contributed by atoms with E-state index in [1.807, 2.05) is 0 Å². The molecular weight excluding hydrogens is 428 g/mol. The normalized spacial score (nSPS) is 14.5. The lowest BCUT2D eigenvalue weighted by Crippen LogP contribution is -2.68. The van der Waals surface area contributed by atoms with E-state index in [0.717, 1.165) is 6.54 Å². The van der Waals surface area contributed by atoms with Crippen molar-refractivity contribution in [1.29, 1.82) is 0 Å². The van der Waals surface area contributed by atoms with E-state index in [4.69, 9.17) is 18.6 Å². The minimum absolute atomic E-state index is 0. The van der Waals surface area contributed by atoms with Crippen LogP contribution in [0.2, 0.25) is 0 Å². The number of unbranched alkanes of at least 4 members (excludes halogenated alkanes) is 1. The van der Waals surface area contributed by atoms with Gasteiger partial charge in [-0.2, -0.15) is 4.58 Å². The van der Waals surface area contributed by atoms with Gasteiger partial charge in [-0.05, 0) is 37.6 Å². The van der Waals surface area contributed by atoms with Crippen molar-refractivity contribution in [2.45, 2.75) is 46.5 Å². The van der Waals surface area contributed by atoms with Crippen molar-refractivity contribution in [3.8, 4) is 0 Å². The fourth-order valence-electron chi connectivity index (χ4n) is 3.76. The highest BCUT2D eigenvalue weighted by atomic mass is 35.7. The van der Waals surface area contributed by atoms with Gasteiger partial charge in [-0.15, -0.1) is 10.2 Å². The van der Waals surface area contributed by atoms with E-state index in [0.29, 0.717) is 0 Å². The van der Waals surface area contributed by atoms with Crippen LogP contribution < -0.4 is 23.5 Å². The van der Waals surface area contributed by atoms with E-state index in [-0.39, 0.29) is 12.8 Å². The largest absolute Gasteiger partial charge is 0.378 e. The smallest absolute Gasteiger partial charge is 0.209 e. The lowest BCUT2D eigenvalue weighted by atomic mass is 9.81. The lowest BCUT2D eigenvalue weighted by molar-refractivity contribution is -2.00. The van der Waals surface area contributed by atoms with Crippen LogP contribution in [0.25, 0.3) is 6.08 Å². The van der Waals surface area contributed by atoms with Gasteiger partial charge in [-0.25, -0.2) is 18.6 Å². The van der Waals surface area contributed by atoms with E-state index in [1.165, 1.54) is 41.1 Å². The first kappa shape index (κ1) is 27.8. The maximum Gasteiger partial charge on any atom is 0.209 e. The summed E-state index contributed by atoms with van der Waals surface area (Å²) in [5.74, 6) is 0. The first-order valence-corrected chi connectivity index (χ1v) is 11.5. The Bertz CT molecular complexity index is 924. The predicted octanol–water partition coefficient (Wildman–Crippen LogP) is 1.52. The maximum absolute atomic E-state index is 8.49. The molecule has 0 aromatic heterocycles. The number of nitrogens with zero attached hydrogens (tertiary/aromatic N) is 2. The van der Waals surface area contributed by atoms with E-state index in [2.05, 4.69) is 105 Å². The zero-order valence-corrected chi connectivity index (χ0v) is 19.6. The summed E-state index contributed by atoms with van der Waals surface area (Å²) >= 11 is 0. The number of benzene rings is 2. The molecule has 7 heteroatoms. The summed E-state index contributed by atoms with van der Waals surface area (Å²) in [6.45, 7) is 8.02. The quantitative estimate of drug-likeness (QED) is 0.606. The van der Waals surface area contributed by atoms with Crippen LogP contribution in [0.3, 0.4) is 0 Å². The topological polar surface area (TPSA) is 98.5 Å². The first-order chi connectivity index (χ1) is 14.4. The van der Waals surface area contributed by atoms with E-state index in [1.54, 1.807) is 0 Å². The van der Waals surface area contributed by atoms with Gasteiger partial charge in [0.2, 0.25) is 5.69 Å². The van der Waals surface area contributed by atoms with Crippen molar-refractivity contribution in [3.05, 3.63) is 65.7 Å². The van der Waals surface area contributed by atoms with Gasteiger partial charge in [0.1, 0.15) is 6.54 Å². The van der Waals surface area contributed by atoms with Gasteiger partial charge in [0.25, 0.3) is 0 Å². The minimum atomic E-state index is -4.94. The molecule has 0 bridgehead atoms. The Labute approximate surface area is 194 Å². The second-order valence-electron chi connectivity index (χ2n) is 8.23. The predicted molar refractivity (Wildman–Crippen MR) is 121 cm³/mol. The summed E-state index contributed by atoms with van der Waals surface area (Å²) in [6.07, 6.45) is 6.99. The molecule has 0 radical (unpaired) electrons. The molecule has 0 unspecified atom stereocenters. The molecule has 0 saturated carbocycles. The molecule has 1 aliphatic rings. The Morgan fingerprint density at radius 2 is 1.50 bits per heavy atom. The first-order valence-electron chi connectivity index (χ1n) is 10.3. The molecule has 2 aromatic rings. The van der Waals surface area contributed by atoms with Crippen LogP contribution in [-0.2, 0) is 5.41 Å². The van der Waals surface area contributed by atoms with Gasteiger partial charge in [0.15, 0.2) is 5.71 Å². The minimum Gasteiger partial charge on any atom is -0.378 e. The van der Waals surface area contributed by atoms with Crippen LogP contribution in [-0.4, -0.2) is 30.9 Å². The van der Waals surface area contributed by atoms with Crippen molar-refractivity contribution in [1.82, 2.24) is 0 Å². The molecule has 32 heavy (non-hydrogen) atoms. The molecule has 0 atom stereocenters. The summed E-state index contributed by atoms with van der Waals surface area (Å²) in [5, 5.41) is 0. The zero-order valence-electron chi connectivity index (χ0n) is 18.8. The van der Waals surface area contributed by atoms with Crippen molar-refractivity contribution >= 4 is 23.2 Å². The summed E-state index contributed by atoms with van der Waals surface area (Å²) in [4.78, 5) is 2.13. The molecule has 0 N–H and O–H groups in total. The van der Waals surface area contributed by atoms with Crippen LogP contribution in [0.1, 0.15) is 52.2 Å². The molecule has 6 nitrogen and oxygen atoms in total. The van der Waals surface area contributed by atoms with Crippen LogP contribution in [0.15, 0.2) is 54.6 Å². The fourth-order valence-corrected chi connectivity index (χ4v) is 3.76. The van der Waals surface area contributed by atoms with Gasteiger partial charge in [0, 0.05) is 43.9 Å². The highest BCUT2D eigenvalue weighted by Gasteiger charge is 2.43. The second-order valence-corrected chi connectivity index (χ2v) is 8.99. The van der Waals surface area contributed by atoms with E-state index >= 15 is 0 Å². The number of hydrogen-bond acceptors (Lipinski definition) is 5. The molecule has 2 aromatic carbocycles. The number of allylic oxidation sites excluding steroid dienone is 1. The van der Waals surface area contributed by atoms with E-state index < -0.39 is 10.2 Å². The van der Waals surface area contributed by atoms with Gasteiger partial charge in [0.05, 0.1) is 5.41 Å². The maximum atomic E-state index is 8.49. The molecule has 3 rings (SSSR count). The molecule has 176 valence electrons. The average molecular weight is 463 g/mol. The number of para-hydroxylation sites is 1. The van der Waals surface area contributed by atoms with Crippen LogP contribution in [0.5, 0.6) is 0 Å². The molecule has 0 spiro atoms. The second kappa shape index (κ2) is 11.6. The van der Waals surface area contributed by atoms with Gasteiger partial charge >= 0.3 is 0 Å². The SMILES string of the molecule is C.CCCC[N+]1=C(C=Cc2ccc(N(C)C)cc2)C(C)(C)c2ccccc21.[O-][Cl+3]([O-])([O-])[O-]. The number of anilines is 1. The van der Waals surface area contributed by atoms with Crippen molar-refractivity contribution < 1.29 is 33.5 Å². The van der Waals surface area contributed by atoms with Crippen molar-refractivity contribution in [2.24, 2.45) is 0 Å². The summed E-state index contributed by atoms with van der Waals surface area (Å²) in [7, 11) is -0.796. The van der Waals surface area contributed by atoms with Crippen LogP contribution >= 0.6 is 0 Å². The molecule has 0 amide bonds. The van der Waals surface area contributed by atoms with Crippen molar-refractivity contribution in [3.63, 3.8) is 0 Å². The standard InChI is InChI=1S/C24H31N2.CH4.ClHO4/c1-6-7-18-26-22-11-9-8-10-21(22)24(2,3)23(26)17-14-19-12-15-20(16-13-19)25(4)5;;2-1(3,4)5/h8-17H,6-7,18H2,1-5H3;1H4;(H,2,3,4,5)/q+1;;/p-1. The van der Waals surface area contributed by atoms with Crippen molar-refractivity contribution in [2.75, 3.05) is 25.5 Å². The zero-order chi connectivity index (χ0) is 23.2. The molecule has 0 aliphatic carbocycles. The Balaban J connectivity index is 0.000000770. The van der Waals surface area contributed by atoms with Gasteiger partial charge < -0.3 is 4.90 Å². The molecule has 0 fully saturated rings. The highest BCUT2D eigenvalue weighted by Crippen LogP contribution is 2.40.